The van der Waals surface area contributed by atoms with Crippen molar-refractivity contribution in [2.75, 3.05) is 12.4 Å². The molecule has 1 amide bonds. The largest absolute Gasteiger partial charge is 0.497 e. The van der Waals surface area contributed by atoms with E-state index in [2.05, 4.69) is 10.3 Å². The summed E-state index contributed by atoms with van der Waals surface area (Å²) in [4.78, 5) is 16.5. The number of ether oxygens (including phenoxy) is 1. The van der Waals surface area contributed by atoms with Crippen molar-refractivity contribution in [3.05, 3.63) is 54.9 Å². The third kappa shape index (κ3) is 2.21. The third-order valence-corrected chi connectivity index (χ3v) is 2.99. The van der Waals surface area contributed by atoms with E-state index in [1.165, 1.54) is 10.9 Å². The lowest BCUT2D eigenvalue weighted by Crippen LogP contribution is -2.18. The van der Waals surface area contributed by atoms with Crippen LogP contribution in [0.25, 0.3) is 11.0 Å². The summed E-state index contributed by atoms with van der Waals surface area (Å²) in [6.45, 7) is 0. The van der Waals surface area contributed by atoms with Gasteiger partial charge in [-0.15, -0.1) is 0 Å². The number of benzene rings is 2. The molecule has 0 saturated heterocycles. The number of carbonyl (C=O) groups excluding carboxylic acids is 1. The van der Waals surface area contributed by atoms with Gasteiger partial charge < -0.3 is 10.1 Å². The van der Waals surface area contributed by atoms with E-state index in [0.717, 1.165) is 11.0 Å². The highest BCUT2D eigenvalue weighted by molar-refractivity contribution is 5.97. The van der Waals surface area contributed by atoms with Gasteiger partial charge in [0.2, 0.25) is 0 Å². The highest BCUT2D eigenvalue weighted by Crippen LogP contribution is 2.18. The van der Waals surface area contributed by atoms with E-state index >= 15 is 0 Å². The molecule has 0 saturated carbocycles. The molecule has 0 bridgehead atoms. The number of hydrogen-bond donors (Lipinski definition) is 1. The first-order chi connectivity index (χ1) is 9.78. The molecule has 2 aromatic carbocycles. The van der Waals surface area contributed by atoms with Crippen LogP contribution in [0.1, 0.15) is 0 Å². The summed E-state index contributed by atoms with van der Waals surface area (Å²) in [6, 6.07) is 14.4. The molecule has 1 N–H and O–H groups in total. The van der Waals surface area contributed by atoms with Crippen molar-refractivity contribution in [3.63, 3.8) is 0 Å². The Labute approximate surface area is 115 Å². The maximum atomic E-state index is 12.3. The van der Waals surface area contributed by atoms with Crippen molar-refractivity contribution in [1.82, 2.24) is 9.55 Å². The SMILES string of the molecule is COc1cccc(NC(=O)n2cnc3ccccc32)c1. The zero-order valence-corrected chi connectivity index (χ0v) is 10.9. The minimum absolute atomic E-state index is 0.257. The average molecular weight is 267 g/mol. The van der Waals surface area contributed by atoms with Crippen LogP contribution in [0.4, 0.5) is 10.5 Å². The zero-order valence-electron chi connectivity index (χ0n) is 10.9. The molecule has 0 radical (unpaired) electrons. The molecule has 0 aliphatic rings. The first-order valence-electron chi connectivity index (χ1n) is 6.15. The molecule has 100 valence electrons. The lowest BCUT2D eigenvalue weighted by atomic mass is 10.3. The minimum atomic E-state index is -0.257. The molecule has 5 nitrogen and oxygen atoms in total. The van der Waals surface area contributed by atoms with E-state index in [1.807, 2.05) is 36.4 Å². The van der Waals surface area contributed by atoms with Crippen LogP contribution in [-0.4, -0.2) is 22.7 Å². The summed E-state index contributed by atoms with van der Waals surface area (Å²) < 4.78 is 6.61. The molecule has 0 unspecified atom stereocenters. The molecule has 3 aromatic rings. The van der Waals surface area contributed by atoms with Crippen molar-refractivity contribution in [2.24, 2.45) is 0 Å². The van der Waals surface area contributed by atoms with Crippen LogP contribution in [0.5, 0.6) is 5.75 Å². The minimum Gasteiger partial charge on any atom is -0.497 e. The van der Waals surface area contributed by atoms with E-state index in [9.17, 15) is 4.79 Å². The predicted molar refractivity (Wildman–Crippen MR) is 77.1 cm³/mol. The number of rotatable bonds is 2. The van der Waals surface area contributed by atoms with E-state index in [0.29, 0.717) is 11.4 Å². The van der Waals surface area contributed by atoms with Crippen LogP contribution in [-0.2, 0) is 0 Å². The van der Waals surface area contributed by atoms with Gasteiger partial charge in [-0.1, -0.05) is 18.2 Å². The van der Waals surface area contributed by atoms with Gasteiger partial charge in [-0.25, -0.2) is 9.78 Å². The quantitative estimate of drug-likeness (QED) is 0.776. The lowest BCUT2D eigenvalue weighted by Gasteiger charge is -2.07. The Morgan fingerprint density at radius 2 is 2.05 bits per heavy atom. The van der Waals surface area contributed by atoms with Gasteiger partial charge in [0.1, 0.15) is 12.1 Å². The molecule has 1 heterocycles. The van der Waals surface area contributed by atoms with Gasteiger partial charge >= 0.3 is 6.03 Å². The molecular weight excluding hydrogens is 254 g/mol. The Hall–Kier alpha value is -2.82. The predicted octanol–water partition coefficient (Wildman–Crippen LogP) is 3.13. The zero-order chi connectivity index (χ0) is 13.9. The van der Waals surface area contributed by atoms with Crippen molar-refractivity contribution < 1.29 is 9.53 Å². The molecular formula is C15H13N3O2. The topological polar surface area (TPSA) is 56.1 Å². The fraction of sp³-hybridized carbons (Fsp3) is 0.0667. The Morgan fingerprint density at radius 1 is 1.20 bits per heavy atom. The number of fused-ring (bicyclic) bond motifs is 1. The molecule has 0 aliphatic carbocycles. The Morgan fingerprint density at radius 3 is 2.90 bits per heavy atom. The number of hydrogen-bond acceptors (Lipinski definition) is 3. The monoisotopic (exact) mass is 267 g/mol. The maximum absolute atomic E-state index is 12.3. The Kier molecular flexibility index (Phi) is 3.09. The second-order valence-electron chi connectivity index (χ2n) is 4.27. The van der Waals surface area contributed by atoms with Gasteiger partial charge in [-0.05, 0) is 24.3 Å². The summed E-state index contributed by atoms with van der Waals surface area (Å²) >= 11 is 0. The Balaban J connectivity index is 1.89. The number of anilines is 1. The molecule has 0 fully saturated rings. The summed E-state index contributed by atoms with van der Waals surface area (Å²) in [5.41, 5.74) is 2.23. The summed E-state index contributed by atoms with van der Waals surface area (Å²) in [7, 11) is 1.59. The van der Waals surface area contributed by atoms with Crippen LogP contribution in [0.15, 0.2) is 54.9 Å². The van der Waals surface area contributed by atoms with Crippen LogP contribution in [0, 0.1) is 0 Å². The number of nitrogens with zero attached hydrogens (tertiary/aromatic N) is 2. The fourth-order valence-electron chi connectivity index (χ4n) is 2.01. The second kappa shape index (κ2) is 5.05. The second-order valence-corrected chi connectivity index (χ2v) is 4.27. The number of aromatic nitrogens is 2. The molecule has 0 atom stereocenters. The smallest absolute Gasteiger partial charge is 0.331 e. The maximum Gasteiger partial charge on any atom is 0.331 e. The van der Waals surface area contributed by atoms with Crippen LogP contribution in [0.3, 0.4) is 0 Å². The highest BCUT2D eigenvalue weighted by Gasteiger charge is 2.09. The lowest BCUT2D eigenvalue weighted by molar-refractivity contribution is 0.254. The van der Waals surface area contributed by atoms with E-state index < -0.39 is 0 Å². The van der Waals surface area contributed by atoms with Crippen LogP contribution < -0.4 is 10.1 Å². The fourth-order valence-corrected chi connectivity index (χ4v) is 2.01. The number of para-hydroxylation sites is 2. The van der Waals surface area contributed by atoms with E-state index in [1.54, 1.807) is 19.2 Å². The summed E-state index contributed by atoms with van der Waals surface area (Å²) in [5, 5.41) is 2.82. The van der Waals surface area contributed by atoms with Gasteiger partial charge in [-0.2, -0.15) is 0 Å². The molecule has 0 aliphatic heterocycles. The molecule has 0 spiro atoms. The van der Waals surface area contributed by atoms with E-state index in [4.69, 9.17) is 4.74 Å². The highest BCUT2D eigenvalue weighted by atomic mass is 16.5. The van der Waals surface area contributed by atoms with Gasteiger partial charge in [0, 0.05) is 11.8 Å². The summed E-state index contributed by atoms with van der Waals surface area (Å²) in [5.74, 6) is 0.693. The van der Waals surface area contributed by atoms with Crippen molar-refractivity contribution in [3.8, 4) is 5.75 Å². The van der Waals surface area contributed by atoms with Crippen molar-refractivity contribution >= 4 is 22.8 Å². The molecule has 20 heavy (non-hydrogen) atoms. The van der Waals surface area contributed by atoms with Crippen LogP contribution in [0.2, 0.25) is 0 Å². The van der Waals surface area contributed by atoms with Gasteiger partial charge in [0.25, 0.3) is 0 Å². The van der Waals surface area contributed by atoms with Crippen molar-refractivity contribution in [2.45, 2.75) is 0 Å². The van der Waals surface area contributed by atoms with Gasteiger partial charge in [0.05, 0.1) is 18.1 Å². The van der Waals surface area contributed by atoms with Crippen molar-refractivity contribution in [1.29, 1.82) is 0 Å². The normalized spacial score (nSPS) is 10.4. The third-order valence-electron chi connectivity index (χ3n) is 2.99. The molecule has 1 aromatic heterocycles. The molecule has 3 rings (SSSR count). The number of nitrogens with one attached hydrogen (secondary N) is 1. The number of carbonyl (C=O) groups is 1. The Bertz CT molecular complexity index is 764. The summed E-state index contributed by atoms with van der Waals surface area (Å²) in [6.07, 6.45) is 1.51. The first-order valence-corrected chi connectivity index (χ1v) is 6.15. The van der Waals surface area contributed by atoms with Crippen LogP contribution >= 0.6 is 0 Å². The average Bonchev–Trinajstić information content (AvgIpc) is 2.91. The standard InChI is InChI=1S/C15H13N3O2/c1-20-12-6-4-5-11(9-12)17-15(19)18-10-16-13-7-2-3-8-14(13)18/h2-10H,1H3,(H,17,19). The number of imidazole rings is 1. The molecule has 5 heteroatoms. The number of amides is 1. The van der Waals surface area contributed by atoms with Gasteiger partial charge in [0.15, 0.2) is 0 Å². The van der Waals surface area contributed by atoms with Gasteiger partial charge in [-0.3, -0.25) is 4.57 Å². The van der Waals surface area contributed by atoms with E-state index in [-0.39, 0.29) is 6.03 Å². The number of methoxy groups -OCH3 is 1. The first kappa shape index (κ1) is 12.2.